The lowest BCUT2D eigenvalue weighted by atomic mass is 10.2. The lowest BCUT2D eigenvalue weighted by Gasteiger charge is -2.10. The molecule has 0 amide bonds. The highest BCUT2D eigenvalue weighted by molar-refractivity contribution is 7.89. The van der Waals surface area contributed by atoms with Crippen LogP contribution in [0, 0.1) is 0 Å². The molecule has 1 saturated heterocycles. The maximum absolute atomic E-state index is 11.0. The van der Waals surface area contributed by atoms with Crippen LogP contribution in [0.4, 0.5) is 0 Å². The molecular weight excluding hydrogens is 230 g/mol. The van der Waals surface area contributed by atoms with Gasteiger partial charge in [0.05, 0.1) is 24.9 Å². The number of rotatable bonds is 3. The Morgan fingerprint density at radius 2 is 2.38 bits per heavy atom. The van der Waals surface area contributed by atoms with E-state index in [4.69, 9.17) is 9.88 Å². The summed E-state index contributed by atoms with van der Waals surface area (Å²) in [5, 5.41) is 8.94. The number of nitrogens with two attached hydrogens (primary N) is 1. The molecule has 0 bridgehead atoms. The molecular formula is C9H15N3O3S. The summed E-state index contributed by atoms with van der Waals surface area (Å²) in [5.74, 6) is 0. The minimum Gasteiger partial charge on any atom is -0.373 e. The molecule has 1 fully saturated rings. The van der Waals surface area contributed by atoms with Crippen LogP contribution in [0.25, 0.3) is 0 Å². The van der Waals surface area contributed by atoms with Crippen molar-refractivity contribution in [3.63, 3.8) is 0 Å². The Kier molecular flexibility index (Phi) is 3.00. The van der Waals surface area contributed by atoms with Gasteiger partial charge in [0.15, 0.2) is 0 Å². The Morgan fingerprint density at radius 3 is 2.88 bits per heavy atom. The molecule has 1 aliphatic heterocycles. The Hall–Kier alpha value is -0.920. The number of primary sulfonamides is 1. The molecule has 2 N–H and O–H groups in total. The zero-order valence-corrected chi connectivity index (χ0v) is 9.85. The van der Waals surface area contributed by atoms with E-state index in [2.05, 4.69) is 5.10 Å². The predicted molar refractivity (Wildman–Crippen MR) is 57.2 cm³/mol. The molecule has 0 saturated carbocycles. The highest BCUT2D eigenvalue weighted by Crippen LogP contribution is 2.20. The molecule has 90 valence electrons. The zero-order chi connectivity index (χ0) is 11.8. The van der Waals surface area contributed by atoms with Gasteiger partial charge in [-0.05, 0) is 19.8 Å². The number of ether oxygens (including phenoxy) is 1. The number of sulfonamides is 1. The van der Waals surface area contributed by atoms with Crippen LogP contribution in [0.15, 0.2) is 17.3 Å². The maximum Gasteiger partial charge on any atom is 0.241 e. The molecule has 16 heavy (non-hydrogen) atoms. The summed E-state index contributed by atoms with van der Waals surface area (Å²) in [6.07, 6.45) is 5.09. The SMILES string of the molecule is CC1CCC(Cn2cc(S(N)(=O)=O)cn2)O1. The standard InChI is InChI=1S/C9H15N3O3S/c1-7-2-3-8(15-7)5-12-6-9(4-11-12)16(10,13)14/h4,6-8H,2-3,5H2,1H3,(H2,10,13,14). The molecule has 1 aromatic heterocycles. The van der Waals surface area contributed by atoms with Crippen molar-refractivity contribution in [3.8, 4) is 0 Å². The second kappa shape index (κ2) is 4.15. The van der Waals surface area contributed by atoms with Crippen LogP contribution >= 0.6 is 0 Å². The van der Waals surface area contributed by atoms with Crippen LogP contribution in [0.3, 0.4) is 0 Å². The molecule has 0 spiro atoms. The van der Waals surface area contributed by atoms with Crippen molar-refractivity contribution in [3.05, 3.63) is 12.4 Å². The first-order chi connectivity index (χ1) is 7.45. The van der Waals surface area contributed by atoms with E-state index in [9.17, 15) is 8.42 Å². The Morgan fingerprint density at radius 1 is 1.62 bits per heavy atom. The second-order valence-electron chi connectivity index (χ2n) is 4.09. The van der Waals surface area contributed by atoms with E-state index in [-0.39, 0.29) is 17.1 Å². The predicted octanol–water partition coefficient (Wildman–Crippen LogP) is 0.0980. The van der Waals surface area contributed by atoms with E-state index in [1.807, 2.05) is 6.92 Å². The molecule has 7 heteroatoms. The van der Waals surface area contributed by atoms with Crippen molar-refractivity contribution >= 4 is 10.0 Å². The fourth-order valence-electron chi connectivity index (χ4n) is 1.82. The second-order valence-corrected chi connectivity index (χ2v) is 5.65. The third-order valence-electron chi connectivity index (χ3n) is 2.65. The van der Waals surface area contributed by atoms with Gasteiger partial charge in [0.25, 0.3) is 0 Å². The monoisotopic (exact) mass is 245 g/mol. The van der Waals surface area contributed by atoms with Crippen molar-refractivity contribution in [1.82, 2.24) is 9.78 Å². The summed E-state index contributed by atoms with van der Waals surface area (Å²) in [4.78, 5) is 0.0403. The normalized spacial score (nSPS) is 26.1. The minimum atomic E-state index is -3.65. The average molecular weight is 245 g/mol. The van der Waals surface area contributed by atoms with Gasteiger partial charge < -0.3 is 4.74 Å². The summed E-state index contributed by atoms with van der Waals surface area (Å²) >= 11 is 0. The number of nitrogens with zero attached hydrogens (tertiary/aromatic N) is 2. The Balaban J connectivity index is 2.03. The third-order valence-corrected chi connectivity index (χ3v) is 3.52. The van der Waals surface area contributed by atoms with Crippen molar-refractivity contribution < 1.29 is 13.2 Å². The number of hydrogen-bond acceptors (Lipinski definition) is 4. The van der Waals surface area contributed by atoms with E-state index in [0.717, 1.165) is 12.8 Å². The van der Waals surface area contributed by atoms with E-state index in [0.29, 0.717) is 6.54 Å². The van der Waals surface area contributed by atoms with Gasteiger partial charge in [-0.1, -0.05) is 0 Å². The van der Waals surface area contributed by atoms with Gasteiger partial charge in [-0.25, -0.2) is 13.6 Å². The largest absolute Gasteiger partial charge is 0.373 e. The van der Waals surface area contributed by atoms with Gasteiger partial charge in [0.2, 0.25) is 10.0 Å². The zero-order valence-electron chi connectivity index (χ0n) is 9.04. The van der Waals surface area contributed by atoms with Crippen LogP contribution in [0.5, 0.6) is 0 Å². The molecule has 0 aliphatic carbocycles. The maximum atomic E-state index is 11.0. The molecule has 1 aromatic rings. The van der Waals surface area contributed by atoms with E-state index >= 15 is 0 Å². The minimum absolute atomic E-state index is 0.0403. The van der Waals surface area contributed by atoms with Gasteiger partial charge >= 0.3 is 0 Å². The molecule has 2 unspecified atom stereocenters. The van der Waals surface area contributed by atoms with Crippen molar-refractivity contribution in [2.24, 2.45) is 5.14 Å². The van der Waals surface area contributed by atoms with Crippen LogP contribution in [0.2, 0.25) is 0 Å². The summed E-state index contributed by atoms with van der Waals surface area (Å²) in [5.41, 5.74) is 0. The fourth-order valence-corrected chi connectivity index (χ4v) is 2.28. The first-order valence-electron chi connectivity index (χ1n) is 5.16. The van der Waals surface area contributed by atoms with Gasteiger partial charge in [-0.15, -0.1) is 0 Å². The third kappa shape index (κ3) is 2.60. The smallest absolute Gasteiger partial charge is 0.241 e. The van der Waals surface area contributed by atoms with E-state index in [1.165, 1.54) is 12.4 Å². The first-order valence-corrected chi connectivity index (χ1v) is 6.70. The van der Waals surface area contributed by atoms with Crippen molar-refractivity contribution in [2.45, 2.75) is 43.4 Å². The van der Waals surface area contributed by atoms with Crippen molar-refractivity contribution in [2.75, 3.05) is 0 Å². The van der Waals surface area contributed by atoms with Gasteiger partial charge in [-0.3, -0.25) is 4.68 Å². The molecule has 6 nitrogen and oxygen atoms in total. The topological polar surface area (TPSA) is 87.2 Å². The lowest BCUT2D eigenvalue weighted by molar-refractivity contribution is 0.0436. The van der Waals surface area contributed by atoms with Crippen molar-refractivity contribution in [1.29, 1.82) is 0 Å². The highest BCUT2D eigenvalue weighted by Gasteiger charge is 2.22. The van der Waals surface area contributed by atoms with Crippen LogP contribution in [-0.2, 0) is 21.3 Å². The summed E-state index contributed by atoms with van der Waals surface area (Å²) in [7, 11) is -3.65. The molecule has 2 rings (SSSR count). The highest BCUT2D eigenvalue weighted by atomic mass is 32.2. The Labute approximate surface area is 94.4 Å². The van der Waals surface area contributed by atoms with Crippen LogP contribution in [-0.4, -0.2) is 30.4 Å². The van der Waals surface area contributed by atoms with Crippen LogP contribution < -0.4 is 5.14 Å². The van der Waals surface area contributed by atoms with E-state index < -0.39 is 10.0 Å². The van der Waals surface area contributed by atoms with Crippen LogP contribution in [0.1, 0.15) is 19.8 Å². The summed E-state index contributed by atoms with van der Waals surface area (Å²) < 4.78 is 29.2. The molecule has 1 aliphatic rings. The van der Waals surface area contributed by atoms with Gasteiger partial charge in [0.1, 0.15) is 4.90 Å². The molecule has 2 atom stereocenters. The van der Waals surface area contributed by atoms with Gasteiger partial charge in [0, 0.05) is 6.20 Å². The average Bonchev–Trinajstić information content (AvgIpc) is 2.74. The first kappa shape index (κ1) is 11.6. The Bertz CT molecular complexity index is 468. The summed E-state index contributed by atoms with van der Waals surface area (Å²) in [6.45, 7) is 2.60. The molecule has 2 heterocycles. The lowest BCUT2D eigenvalue weighted by Crippen LogP contribution is -2.17. The van der Waals surface area contributed by atoms with E-state index in [1.54, 1.807) is 4.68 Å². The van der Waals surface area contributed by atoms with Gasteiger partial charge in [-0.2, -0.15) is 5.10 Å². The summed E-state index contributed by atoms with van der Waals surface area (Å²) in [6, 6.07) is 0. The molecule has 0 radical (unpaired) electrons. The quantitative estimate of drug-likeness (QED) is 0.818. The fraction of sp³-hybridized carbons (Fsp3) is 0.667. The number of aromatic nitrogens is 2. The molecule has 0 aromatic carbocycles. The number of hydrogen-bond donors (Lipinski definition) is 1.